The van der Waals surface area contributed by atoms with E-state index in [2.05, 4.69) is 20.0 Å². The molecule has 0 spiro atoms. The molecule has 130 valence electrons. The number of hydrogen-bond donors (Lipinski definition) is 1. The number of halogens is 3. The van der Waals surface area contributed by atoms with Crippen LogP contribution in [0.1, 0.15) is 5.56 Å². The Balaban J connectivity index is 1.97. The first kappa shape index (κ1) is 16.8. The van der Waals surface area contributed by atoms with Crippen LogP contribution in [-0.2, 0) is 0 Å². The van der Waals surface area contributed by atoms with Crippen LogP contribution in [0.2, 0.25) is 0 Å². The van der Waals surface area contributed by atoms with Gasteiger partial charge in [-0.3, -0.25) is 0 Å². The van der Waals surface area contributed by atoms with E-state index in [0.29, 0.717) is 28.2 Å². The summed E-state index contributed by atoms with van der Waals surface area (Å²) in [6.45, 7) is 1.89. The molecule has 0 saturated carbocycles. The first-order chi connectivity index (χ1) is 11.9. The molecular formula is C17H14F3N3O2. The van der Waals surface area contributed by atoms with Crippen molar-refractivity contribution in [3.05, 3.63) is 48.3 Å². The molecule has 0 saturated heterocycles. The predicted molar refractivity (Wildman–Crippen MR) is 87.2 cm³/mol. The number of methoxy groups -OCH3 is 1. The minimum atomic E-state index is -4.74. The maximum Gasteiger partial charge on any atom is 0.573 e. The summed E-state index contributed by atoms with van der Waals surface area (Å²) in [5, 5.41) is 3.68. The van der Waals surface area contributed by atoms with Crippen molar-refractivity contribution < 1.29 is 22.6 Å². The van der Waals surface area contributed by atoms with Crippen LogP contribution < -0.4 is 14.8 Å². The summed E-state index contributed by atoms with van der Waals surface area (Å²) in [4.78, 5) is 8.38. The molecule has 8 heteroatoms. The molecule has 1 N–H and O–H groups in total. The Hall–Kier alpha value is -3.03. The van der Waals surface area contributed by atoms with Crippen LogP contribution in [0.4, 0.5) is 24.7 Å². The molecule has 0 fully saturated rings. The normalized spacial score (nSPS) is 11.4. The smallest absolute Gasteiger partial charge is 0.496 e. The van der Waals surface area contributed by atoms with Gasteiger partial charge in [0.1, 0.15) is 23.6 Å². The van der Waals surface area contributed by atoms with Crippen molar-refractivity contribution in [2.24, 2.45) is 0 Å². The van der Waals surface area contributed by atoms with E-state index in [9.17, 15) is 13.2 Å². The lowest BCUT2D eigenvalue weighted by Crippen LogP contribution is -2.17. The highest BCUT2D eigenvalue weighted by atomic mass is 19.4. The largest absolute Gasteiger partial charge is 0.573 e. The Morgan fingerprint density at radius 3 is 2.60 bits per heavy atom. The summed E-state index contributed by atoms with van der Waals surface area (Å²) >= 11 is 0. The molecule has 2 aromatic carbocycles. The maximum absolute atomic E-state index is 12.4. The summed E-state index contributed by atoms with van der Waals surface area (Å²) in [5.41, 5.74) is 2.01. The average molecular weight is 349 g/mol. The fourth-order valence-corrected chi connectivity index (χ4v) is 2.41. The van der Waals surface area contributed by atoms with E-state index in [4.69, 9.17) is 4.74 Å². The Morgan fingerprint density at radius 1 is 1.08 bits per heavy atom. The third-order valence-corrected chi connectivity index (χ3v) is 3.48. The van der Waals surface area contributed by atoms with Crippen molar-refractivity contribution in [2.45, 2.75) is 13.3 Å². The second-order valence-corrected chi connectivity index (χ2v) is 5.26. The fourth-order valence-electron chi connectivity index (χ4n) is 2.41. The molecule has 1 aromatic heterocycles. The molecule has 0 atom stereocenters. The average Bonchev–Trinajstić information content (AvgIpc) is 2.53. The van der Waals surface area contributed by atoms with Crippen molar-refractivity contribution in [1.29, 1.82) is 0 Å². The molecule has 25 heavy (non-hydrogen) atoms. The van der Waals surface area contributed by atoms with Gasteiger partial charge in [-0.15, -0.1) is 13.2 Å². The van der Waals surface area contributed by atoms with E-state index in [0.717, 1.165) is 5.56 Å². The molecule has 0 aliphatic rings. The molecule has 0 amide bonds. The Bertz CT molecular complexity index is 913. The van der Waals surface area contributed by atoms with Crippen LogP contribution in [0.5, 0.6) is 11.5 Å². The Kier molecular flexibility index (Phi) is 4.35. The van der Waals surface area contributed by atoms with E-state index in [1.165, 1.54) is 24.5 Å². The van der Waals surface area contributed by atoms with Gasteiger partial charge >= 0.3 is 6.36 Å². The molecule has 3 aromatic rings. The molecule has 0 radical (unpaired) electrons. The van der Waals surface area contributed by atoms with Crippen LogP contribution in [0.3, 0.4) is 0 Å². The second kappa shape index (κ2) is 6.46. The lowest BCUT2D eigenvalue weighted by molar-refractivity contribution is -0.274. The van der Waals surface area contributed by atoms with Crippen LogP contribution in [0.25, 0.3) is 10.9 Å². The van der Waals surface area contributed by atoms with Gasteiger partial charge in [0.05, 0.1) is 12.6 Å². The number of alkyl halides is 3. The third-order valence-electron chi connectivity index (χ3n) is 3.48. The van der Waals surface area contributed by atoms with Crippen LogP contribution in [-0.4, -0.2) is 23.4 Å². The molecule has 0 aliphatic carbocycles. The monoisotopic (exact) mass is 349 g/mol. The molecule has 0 aliphatic heterocycles. The van der Waals surface area contributed by atoms with Gasteiger partial charge in [0, 0.05) is 17.1 Å². The first-order valence-corrected chi connectivity index (χ1v) is 7.28. The Morgan fingerprint density at radius 2 is 1.88 bits per heavy atom. The second-order valence-electron chi connectivity index (χ2n) is 5.26. The topological polar surface area (TPSA) is 56.3 Å². The van der Waals surface area contributed by atoms with Crippen LogP contribution >= 0.6 is 0 Å². The summed E-state index contributed by atoms with van der Waals surface area (Å²) in [7, 11) is 1.56. The third kappa shape index (κ3) is 3.90. The van der Waals surface area contributed by atoms with Crippen molar-refractivity contribution in [1.82, 2.24) is 9.97 Å². The van der Waals surface area contributed by atoms with Gasteiger partial charge in [0.2, 0.25) is 0 Å². The van der Waals surface area contributed by atoms with Crippen molar-refractivity contribution in [3.63, 3.8) is 0 Å². The van der Waals surface area contributed by atoms with Gasteiger partial charge in [0.25, 0.3) is 0 Å². The van der Waals surface area contributed by atoms with Gasteiger partial charge in [0.15, 0.2) is 0 Å². The van der Waals surface area contributed by atoms with E-state index in [1.54, 1.807) is 19.2 Å². The fraction of sp³-hybridized carbons (Fsp3) is 0.176. The lowest BCUT2D eigenvalue weighted by Gasteiger charge is -2.13. The highest BCUT2D eigenvalue weighted by Crippen LogP contribution is 2.31. The maximum atomic E-state index is 12.4. The number of aromatic nitrogens is 2. The molecule has 5 nitrogen and oxygen atoms in total. The predicted octanol–water partition coefficient (Wildman–Crippen LogP) is 4.59. The summed E-state index contributed by atoms with van der Waals surface area (Å²) in [6.07, 6.45) is -3.36. The van der Waals surface area contributed by atoms with Gasteiger partial charge in [-0.05, 0) is 36.8 Å². The molecule has 0 unspecified atom stereocenters. The van der Waals surface area contributed by atoms with Gasteiger partial charge in [-0.2, -0.15) is 0 Å². The quantitative estimate of drug-likeness (QED) is 0.747. The minimum absolute atomic E-state index is 0.315. The number of hydrogen-bond acceptors (Lipinski definition) is 5. The lowest BCUT2D eigenvalue weighted by atomic mass is 10.1. The standard InChI is InChI=1S/C17H14F3N3O2/c1-10-6-14-13(8-15(10)24-2)16(22-9-21-14)23-11-4-3-5-12(7-11)25-17(18,19)20/h3-9H,1-2H3,(H,21,22,23). The van der Waals surface area contributed by atoms with E-state index >= 15 is 0 Å². The number of aryl methyl sites for hydroxylation is 1. The highest BCUT2D eigenvalue weighted by molar-refractivity contribution is 5.92. The molecular weight excluding hydrogens is 335 g/mol. The van der Waals surface area contributed by atoms with E-state index in [1.807, 2.05) is 13.0 Å². The summed E-state index contributed by atoms with van der Waals surface area (Å²) in [6, 6.07) is 9.17. The highest BCUT2D eigenvalue weighted by Gasteiger charge is 2.31. The zero-order valence-corrected chi connectivity index (χ0v) is 13.4. The zero-order valence-electron chi connectivity index (χ0n) is 13.4. The molecule has 0 bridgehead atoms. The van der Waals surface area contributed by atoms with E-state index < -0.39 is 6.36 Å². The number of benzene rings is 2. The van der Waals surface area contributed by atoms with Crippen LogP contribution in [0.15, 0.2) is 42.7 Å². The van der Waals surface area contributed by atoms with Crippen molar-refractivity contribution >= 4 is 22.4 Å². The number of rotatable bonds is 4. The van der Waals surface area contributed by atoms with E-state index in [-0.39, 0.29) is 5.75 Å². The first-order valence-electron chi connectivity index (χ1n) is 7.28. The summed E-state index contributed by atoms with van der Waals surface area (Å²) in [5.74, 6) is 0.802. The number of nitrogens with zero attached hydrogens (tertiary/aromatic N) is 2. The number of ether oxygens (including phenoxy) is 2. The SMILES string of the molecule is COc1cc2c(Nc3cccc(OC(F)(F)F)c3)ncnc2cc1C. The zero-order chi connectivity index (χ0) is 18.0. The number of anilines is 2. The van der Waals surface area contributed by atoms with Crippen LogP contribution in [0, 0.1) is 6.92 Å². The molecule has 1 heterocycles. The Labute approximate surface area is 141 Å². The number of fused-ring (bicyclic) bond motifs is 1. The molecule has 3 rings (SSSR count). The summed E-state index contributed by atoms with van der Waals surface area (Å²) < 4.78 is 46.3. The van der Waals surface area contributed by atoms with Crippen molar-refractivity contribution in [3.8, 4) is 11.5 Å². The van der Waals surface area contributed by atoms with Gasteiger partial charge in [-0.1, -0.05) is 6.07 Å². The van der Waals surface area contributed by atoms with Gasteiger partial charge in [-0.25, -0.2) is 9.97 Å². The minimum Gasteiger partial charge on any atom is -0.496 e. The number of nitrogens with one attached hydrogen (secondary N) is 1. The van der Waals surface area contributed by atoms with Gasteiger partial charge < -0.3 is 14.8 Å². The van der Waals surface area contributed by atoms with Crippen molar-refractivity contribution in [2.75, 3.05) is 12.4 Å².